The molecule has 0 aliphatic heterocycles. The van der Waals surface area contributed by atoms with E-state index >= 15 is 0 Å². The van der Waals surface area contributed by atoms with Gasteiger partial charge in [0.15, 0.2) is 0 Å². The first-order valence-electron chi connectivity index (χ1n) is 24.5. The number of ether oxygens (including phenoxy) is 2. The molecule has 0 N–H and O–H groups in total. The molecule has 0 saturated carbocycles. The maximum absolute atomic E-state index is 13.0. The summed E-state index contributed by atoms with van der Waals surface area (Å²) in [6, 6.07) is 0. The smallest absolute Gasteiger partial charge is 0.308 e. The number of carbonyl (C=O) groups excluding carboxylic acids is 2. The van der Waals surface area contributed by atoms with E-state index in [0.29, 0.717) is 13.2 Å². The van der Waals surface area contributed by atoms with E-state index in [9.17, 15) is 9.59 Å². The van der Waals surface area contributed by atoms with E-state index in [1.807, 2.05) is 12.5 Å². The summed E-state index contributed by atoms with van der Waals surface area (Å²) in [5.74, 6) is 0.282. The van der Waals surface area contributed by atoms with Crippen LogP contribution < -0.4 is 0 Å². The van der Waals surface area contributed by atoms with Crippen LogP contribution in [-0.4, -0.2) is 52.7 Å². The highest BCUT2D eigenvalue weighted by Crippen LogP contribution is 2.23. The predicted octanol–water partition coefficient (Wildman–Crippen LogP) is 14.6. The SMILES string of the molecule is CCCCCCCCC(CCCCCC)C(=O)OCCCCCCN(CCCCCCOC(=O)C(CCCCCC)CCCCCCCC)C(C)n1ccnc1. The van der Waals surface area contributed by atoms with Gasteiger partial charge in [-0.25, -0.2) is 4.98 Å². The Morgan fingerprint density at radius 3 is 1.21 bits per heavy atom. The van der Waals surface area contributed by atoms with Crippen LogP contribution in [0.25, 0.3) is 0 Å². The van der Waals surface area contributed by atoms with Crippen LogP contribution in [0.4, 0.5) is 0 Å². The van der Waals surface area contributed by atoms with Gasteiger partial charge in [-0.1, -0.05) is 182 Å². The topological polar surface area (TPSA) is 73.7 Å². The average molecular weight is 788 g/mol. The van der Waals surface area contributed by atoms with Crippen LogP contribution >= 0.6 is 0 Å². The molecular weight excluding hydrogens is 695 g/mol. The minimum Gasteiger partial charge on any atom is -0.465 e. The number of carbonyl (C=O) groups is 2. The Kier molecular flexibility index (Phi) is 35.9. The van der Waals surface area contributed by atoms with Crippen LogP contribution in [0.5, 0.6) is 0 Å². The van der Waals surface area contributed by atoms with E-state index < -0.39 is 0 Å². The molecule has 1 heterocycles. The molecule has 1 rings (SSSR count). The van der Waals surface area contributed by atoms with Crippen molar-refractivity contribution in [1.82, 2.24) is 14.5 Å². The van der Waals surface area contributed by atoms with Crippen molar-refractivity contribution in [3.63, 3.8) is 0 Å². The quantitative estimate of drug-likeness (QED) is 0.0485. The summed E-state index contributed by atoms with van der Waals surface area (Å²) < 4.78 is 13.9. The maximum Gasteiger partial charge on any atom is 0.308 e. The largest absolute Gasteiger partial charge is 0.465 e. The Hall–Kier alpha value is -1.89. The van der Waals surface area contributed by atoms with Gasteiger partial charge in [0, 0.05) is 25.5 Å². The zero-order chi connectivity index (χ0) is 40.7. The van der Waals surface area contributed by atoms with E-state index in [4.69, 9.17) is 9.47 Å². The zero-order valence-corrected chi connectivity index (χ0v) is 37.9. The molecule has 7 heteroatoms. The molecule has 3 atom stereocenters. The number of hydrogen-bond acceptors (Lipinski definition) is 6. The second-order valence-electron chi connectivity index (χ2n) is 17.0. The van der Waals surface area contributed by atoms with Gasteiger partial charge in [-0.2, -0.15) is 0 Å². The number of nitrogens with zero attached hydrogens (tertiary/aromatic N) is 3. The van der Waals surface area contributed by atoms with Crippen LogP contribution in [0.15, 0.2) is 18.7 Å². The molecule has 1 aromatic rings. The van der Waals surface area contributed by atoms with Crippen molar-refractivity contribution in [2.75, 3.05) is 26.3 Å². The summed E-state index contributed by atoms with van der Waals surface area (Å²) in [6.07, 6.45) is 43.7. The Labute approximate surface area is 347 Å². The molecule has 0 saturated heterocycles. The van der Waals surface area contributed by atoms with Crippen LogP contribution in [0.1, 0.15) is 246 Å². The van der Waals surface area contributed by atoms with Gasteiger partial charge in [-0.05, 0) is 58.3 Å². The van der Waals surface area contributed by atoms with E-state index in [1.54, 1.807) is 0 Å². The summed E-state index contributed by atoms with van der Waals surface area (Å²) >= 11 is 0. The van der Waals surface area contributed by atoms with Gasteiger partial charge in [0.25, 0.3) is 0 Å². The first-order chi connectivity index (χ1) is 27.5. The molecule has 0 spiro atoms. The molecule has 0 amide bonds. The number of rotatable bonds is 42. The van der Waals surface area contributed by atoms with E-state index in [0.717, 1.165) is 116 Å². The van der Waals surface area contributed by atoms with Crippen LogP contribution in [0, 0.1) is 11.8 Å². The standard InChI is InChI=1S/C49H93N3O4/c1-6-10-14-18-20-28-36-46(34-26-16-12-8-3)48(53)55-42-32-24-22-30-39-51(45(5)52-41-38-50-44-52)40-31-23-25-33-43-56-49(54)47(35-27-17-13-9-4)37-29-21-19-15-11-7-2/h38,41,44-47H,6-37,39-40,42-43H2,1-5H3. The molecule has 3 unspecified atom stereocenters. The van der Waals surface area contributed by atoms with Gasteiger partial charge in [0.1, 0.15) is 0 Å². The number of aromatic nitrogens is 2. The van der Waals surface area contributed by atoms with Gasteiger partial charge in [0.2, 0.25) is 0 Å². The van der Waals surface area contributed by atoms with E-state index in [1.165, 1.54) is 103 Å². The van der Waals surface area contributed by atoms with Gasteiger partial charge in [-0.15, -0.1) is 0 Å². The minimum atomic E-state index is 0.0547. The summed E-state index contributed by atoms with van der Waals surface area (Å²) in [5.41, 5.74) is 0. The molecule has 328 valence electrons. The first-order valence-corrected chi connectivity index (χ1v) is 24.5. The lowest BCUT2D eigenvalue weighted by Gasteiger charge is -2.30. The number of unbranched alkanes of at least 4 members (excludes halogenated alkanes) is 22. The molecular formula is C49H93N3O4. The van der Waals surface area contributed by atoms with Gasteiger partial charge < -0.3 is 14.0 Å². The molecule has 7 nitrogen and oxygen atoms in total. The van der Waals surface area contributed by atoms with Gasteiger partial charge >= 0.3 is 11.9 Å². The third kappa shape index (κ3) is 28.5. The first kappa shape index (κ1) is 52.1. The Morgan fingerprint density at radius 2 is 0.839 bits per heavy atom. The minimum absolute atomic E-state index is 0.0547. The molecule has 0 bridgehead atoms. The third-order valence-corrected chi connectivity index (χ3v) is 11.9. The molecule has 0 aliphatic rings. The van der Waals surface area contributed by atoms with Gasteiger partial charge in [-0.3, -0.25) is 14.5 Å². The normalized spacial score (nSPS) is 13.2. The Balaban J connectivity index is 2.39. The van der Waals surface area contributed by atoms with Crippen molar-refractivity contribution < 1.29 is 19.1 Å². The lowest BCUT2D eigenvalue weighted by molar-refractivity contribution is -0.150. The lowest BCUT2D eigenvalue weighted by atomic mass is 9.94. The fourth-order valence-corrected chi connectivity index (χ4v) is 8.02. The molecule has 0 aromatic carbocycles. The molecule has 0 aliphatic carbocycles. The van der Waals surface area contributed by atoms with Crippen LogP contribution in [-0.2, 0) is 19.1 Å². The zero-order valence-electron chi connectivity index (χ0n) is 37.9. The Bertz CT molecular complexity index is 928. The average Bonchev–Trinajstić information content (AvgIpc) is 3.75. The summed E-state index contributed by atoms with van der Waals surface area (Å²) in [7, 11) is 0. The van der Waals surface area contributed by atoms with E-state index in [-0.39, 0.29) is 29.9 Å². The molecule has 0 radical (unpaired) electrons. The third-order valence-electron chi connectivity index (χ3n) is 11.9. The van der Waals surface area contributed by atoms with E-state index in [2.05, 4.69) is 55.3 Å². The highest BCUT2D eigenvalue weighted by Gasteiger charge is 2.21. The van der Waals surface area contributed by atoms with Crippen molar-refractivity contribution in [3.8, 4) is 0 Å². The second-order valence-corrected chi connectivity index (χ2v) is 17.0. The summed E-state index contributed by atoms with van der Waals surface area (Å²) in [6.45, 7) is 14.5. The van der Waals surface area contributed by atoms with Crippen molar-refractivity contribution in [2.24, 2.45) is 11.8 Å². The van der Waals surface area contributed by atoms with Crippen LogP contribution in [0.2, 0.25) is 0 Å². The van der Waals surface area contributed by atoms with Crippen molar-refractivity contribution in [3.05, 3.63) is 18.7 Å². The number of imidazole rings is 1. The predicted molar refractivity (Wildman–Crippen MR) is 238 cm³/mol. The van der Waals surface area contributed by atoms with Crippen LogP contribution in [0.3, 0.4) is 0 Å². The maximum atomic E-state index is 13.0. The summed E-state index contributed by atoms with van der Waals surface area (Å²) in [4.78, 5) is 33.0. The molecule has 56 heavy (non-hydrogen) atoms. The lowest BCUT2D eigenvalue weighted by Crippen LogP contribution is -2.32. The fourth-order valence-electron chi connectivity index (χ4n) is 8.02. The monoisotopic (exact) mass is 788 g/mol. The van der Waals surface area contributed by atoms with Crippen molar-refractivity contribution in [1.29, 1.82) is 0 Å². The Morgan fingerprint density at radius 1 is 0.500 bits per heavy atom. The molecule has 0 fully saturated rings. The number of hydrogen-bond donors (Lipinski definition) is 0. The highest BCUT2D eigenvalue weighted by atomic mass is 16.5. The van der Waals surface area contributed by atoms with Gasteiger partial charge in [0.05, 0.1) is 37.5 Å². The second kappa shape index (κ2) is 38.6. The van der Waals surface area contributed by atoms with Crippen molar-refractivity contribution in [2.45, 2.75) is 246 Å². The molecule has 1 aromatic heterocycles. The van der Waals surface area contributed by atoms with Crippen molar-refractivity contribution >= 4 is 11.9 Å². The fraction of sp³-hybridized carbons (Fsp3) is 0.898. The summed E-state index contributed by atoms with van der Waals surface area (Å²) in [5, 5.41) is 0. The highest BCUT2D eigenvalue weighted by molar-refractivity contribution is 5.72. The number of esters is 2.